The molecule has 3 nitrogen and oxygen atoms in total. The monoisotopic (exact) mass is 342 g/mol. The highest BCUT2D eigenvalue weighted by Gasteiger charge is 2.33. The largest absolute Gasteiger partial charge is 0.433 e. The third-order valence-electron chi connectivity index (χ3n) is 3.78. The fourth-order valence-electron chi connectivity index (χ4n) is 2.67. The molecule has 1 amide bonds. The van der Waals surface area contributed by atoms with E-state index in [4.69, 9.17) is 0 Å². The SMILES string of the molecule is O=C(c1ccc(C(F)(F)F)nc1)N1CCCc2c(F)cc(F)cc21. The van der Waals surface area contributed by atoms with Crippen molar-refractivity contribution in [2.24, 2.45) is 0 Å². The van der Waals surface area contributed by atoms with Crippen LogP contribution < -0.4 is 4.90 Å². The molecule has 0 saturated carbocycles. The van der Waals surface area contributed by atoms with E-state index in [1.54, 1.807) is 0 Å². The molecular weight excluding hydrogens is 331 g/mol. The van der Waals surface area contributed by atoms with Crippen molar-refractivity contribution in [2.75, 3.05) is 11.4 Å². The zero-order valence-corrected chi connectivity index (χ0v) is 12.2. The third-order valence-corrected chi connectivity index (χ3v) is 3.78. The summed E-state index contributed by atoms with van der Waals surface area (Å²) in [6.45, 7) is 0.218. The minimum absolute atomic E-state index is 0.0829. The van der Waals surface area contributed by atoms with Gasteiger partial charge in [0.1, 0.15) is 17.3 Å². The average molecular weight is 342 g/mol. The van der Waals surface area contributed by atoms with E-state index < -0.39 is 29.4 Å². The standard InChI is InChI=1S/C16H11F5N2O/c17-10-6-12(18)11-2-1-5-23(13(11)7-10)15(24)9-3-4-14(22-8-9)16(19,20)21/h3-4,6-8H,1-2,5H2. The summed E-state index contributed by atoms with van der Waals surface area (Å²) in [6.07, 6.45) is -2.97. The highest BCUT2D eigenvalue weighted by molar-refractivity contribution is 6.06. The van der Waals surface area contributed by atoms with Crippen molar-refractivity contribution in [3.8, 4) is 0 Å². The second-order valence-corrected chi connectivity index (χ2v) is 5.38. The van der Waals surface area contributed by atoms with Crippen molar-refractivity contribution in [1.82, 2.24) is 4.98 Å². The van der Waals surface area contributed by atoms with Crippen LogP contribution in [-0.2, 0) is 12.6 Å². The quantitative estimate of drug-likeness (QED) is 0.735. The van der Waals surface area contributed by atoms with Gasteiger partial charge in [-0.05, 0) is 31.0 Å². The van der Waals surface area contributed by atoms with E-state index in [0.717, 1.165) is 29.3 Å². The number of alkyl halides is 3. The van der Waals surface area contributed by atoms with E-state index in [0.29, 0.717) is 18.9 Å². The van der Waals surface area contributed by atoms with Crippen molar-refractivity contribution >= 4 is 11.6 Å². The Morgan fingerprint density at radius 3 is 2.54 bits per heavy atom. The Balaban J connectivity index is 1.95. The Morgan fingerprint density at radius 2 is 1.92 bits per heavy atom. The zero-order chi connectivity index (χ0) is 17.5. The molecule has 3 rings (SSSR count). The lowest BCUT2D eigenvalue weighted by atomic mass is 10.00. The first-order chi connectivity index (χ1) is 11.3. The Kier molecular flexibility index (Phi) is 3.98. The Hall–Kier alpha value is -2.51. The van der Waals surface area contributed by atoms with E-state index in [2.05, 4.69) is 4.98 Å². The number of rotatable bonds is 1. The lowest BCUT2D eigenvalue weighted by Crippen LogP contribution is -2.36. The number of benzene rings is 1. The van der Waals surface area contributed by atoms with Crippen LogP contribution in [0.5, 0.6) is 0 Å². The van der Waals surface area contributed by atoms with Gasteiger partial charge in [0.2, 0.25) is 0 Å². The second-order valence-electron chi connectivity index (χ2n) is 5.38. The van der Waals surface area contributed by atoms with Crippen LogP contribution in [0.3, 0.4) is 0 Å². The van der Waals surface area contributed by atoms with Crippen LogP contribution in [0.4, 0.5) is 27.6 Å². The van der Waals surface area contributed by atoms with Crippen molar-refractivity contribution in [2.45, 2.75) is 19.0 Å². The van der Waals surface area contributed by atoms with Crippen LogP contribution in [0.15, 0.2) is 30.5 Å². The van der Waals surface area contributed by atoms with Crippen LogP contribution in [-0.4, -0.2) is 17.4 Å². The molecule has 0 spiro atoms. The van der Waals surface area contributed by atoms with Gasteiger partial charge in [-0.2, -0.15) is 13.2 Å². The molecule has 1 aromatic heterocycles. The van der Waals surface area contributed by atoms with Crippen LogP contribution in [0, 0.1) is 11.6 Å². The molecule has 0 unspecified atom stereocenters. The fraction of sp³-hybridized carbons (Fsp3) is 0.250. The summed E-state index contributed by atoms with van der Waals surface area (Å²) in [6, 6.07) is 3.49. The van der Waals surface area contributed by atoms with E-state index >= 15 is 0 Å². The number of hydrogen-bond donors (Lipinski definition) is 0. The minimum Gasteiger partial charge on any atom is -0.308 e. The van der Waals surface area contributed by atoms with Crippen LogP contribution in [0.1, 0.15) is 28.0 Å². The highest BCUT2D eigenvalue weighted by atomic mass is 19.4. The third kappa shape index (κ3) is 2.95. The molecule has 24 heavy (non-hydrogen) atoms. The predicted octanol–water partition coefficient (Wildman–Crippen LogP) is 3.97. The Morgan fingerprint density at radius 1 is 1.17 bits per heavy atom. The van der Waals surface area contributed by atoms with Crippen molar-refractivity contribution in [1.29, 1.82) is 0 Å². The van der Waals surface area contributed by atoms with Gasteiger partial charge < -0.3 is 4.90 Å². The van der Waals surface area contributed by atoms with Gasteiger partial charge in [-0.1, -0.05) is 0 Å². The average Bonchev–Trinajstić information content (AvgIpc) is 2.53. The normalized spacial score (nSPS) is 14.5. The fourth-order valence-corrected chi connectivity index (χ4v) is 2.67. The molecular formula is C16H11F5N2O. The first-order valence-electron chi connectivity index (χ1n) is 7.10. The summed E-state index contributed by atoms with van der Waals surface area (Å²) in [7, 11) is 0. The maximum atomic E-state index is 13.8. The van der Waals surface area contributed by atoms with Gasteiger partial charge in [0.25, 0.3) is 5.91 Å². The predicted molar refractivity (Wildman–Crippen MR) is 75.6 cm³/mol. The summed E-state index contributed by atoms with van der Waals surface area (Å²) in [5.41, 5.74) is -0.879. The topological polar surface area (TPSA) is 33.2 Å². The van der Waals surface area contributed by atoms with Gasteiger partial charge in [0, 0.05) is 24.4 Å². The van der Waals surface area contributed by atoms with Crippen LogP contribution in [0.25, 0.3) is 0 Å². The summed E-state index contributed by atoms with van der Waals surface area (Å²) < 4.78 is 64.9. The number of carbonyl (C=O) groups is 1. The molecule has 0 N–H and O–H groups in total. The zero-order valence-electron chi connectivity index (χ0n) is 12.2. The molecule has 1 aromatic carbocycles. The van der Waals surface area contributed by atoms with Gasteiger partial charge in [0.15, 0.2) is 0 Å². The maximum absolute atomic E-state index is 13.8. The number of amides is 1. The second kappa shape index (κ2) is 5.85. The van der Waals surface area contributed by atoms with Gasteiger partial charge in [-0.25, -0.2) is 8.78 Å². The smallest absolute Gasteiger partial charge is 0.308 e. The van der Waals surface area contributed by atoms with Gasteiger partial charge in [-0.3, -0.25) is 9.78 Å². The van der Waals surface area contributed by atoms with Crippen LogP contribution >= 0.6 is 0 Å². The van der Waals surface area contributed by atoms with E-state index in [9.17, 15) is 26.7 Å². The number of hydrogen-bond acceptors (Lipinski definition) is 2. The number of nitrogens with zero attached hydrogens (tertiary/aromatic N) is 2. The van der Waals surface area contributed by atoms with Gasteiger partial charge in [0.05, 0.1) is 11.3 Å². The molecule has 126 valence electrons. The van der Waals surface area contributed by atoms with Gasteiger partial charge in [-0.15, -0.1) is 0 Å². The van der Waals surface area contributed by atoms with E-state index in [1.165, 1.54) is 0 Å². The van der Waals surface area contributed by atoms with E-state index in [-0.39, 0.29) is 23.4 Å². The summed E-state index contributed by atoms with van der Waals surface area (Å²) >= 11 is 0. The van der Waals surface area contributed by atoms with Crippen molar-refractivity contribution in [3.63, 3.8) is 0 Å². The Bertz CT molecular complexity index is 786. The Labute approximate surface area is 133 Å². The molecule has 2 aromatic rings. The first-order valence-corrected chi connectivity index (χ1v) is 7.10. The molecule has 8 heteroatoms. The highest BCUT2D eigenvalue weighted by Crippen LogP contribution is 2.32. The molecule has 0 aliphatic carbocycles. The lowest BCUT2D eigenvalue weighted by Gasteiger charge is -2.29. The van der Waals surface area contributed by atoms with Crippen molar-refractivity contribution < 1.29 is 26.7 Å². The molecule has 0 saturated heterocycles. The number of anilines is 1. The van der Waals surface area contributed by atoms with Crippen molar-refractivity contribution in [3.05, 3.63) is 58.9 Å². The minimum atomic E-state index is -4.61. The molecule has 0 fully saturated rings. The summed E-state index contributed by atoms with van der Waals surface area (Å²) in [5, 5.41) is 0. The molecule has 0 radical (unpaired) electrons. The van der Waals surface area contributed by atoms with Crippen LogP contribution in [0.2, 0.25) is 0 Å². The summed E-state index contributed by atoms with van der Waals surface area (Å²) in [4.78, 5) is 16.9. The first kappa shape index (κ1) is 16.4. The molecule has 1 aliphatic heterocycles. The lowest BCUT2D eigenvalue weighted by molar-refractivity contribution is -0.141. The number of aromatic nitrogens is 1. The molecule has 2 heterocycles. The molecule has 0 atom stereocenters. The number of fused-ring (bicyclic) bond motifs is 1. The number of halogens is 5. The molecule has 0 bridgehead atoms. The maximum Gasteiger partial charge on any atom is 0.433 e. The van der Waals surface area contributed by atoms with E-state index in [1.807, 2.05) is 0 Å². The van der Waals surface area contributed by atoms with Gasteiger partial charge >= 0.3 is 6.18 Å². The number of carbonyl (C=O) groups excluding carboxylic acids is 1. The number of pyridine rings is 1. The molecule has 1 aliphatic rings. The summed E-state index contributed by atoms with van der Waals surface area (Å²) in [5.74, 6) is -2.22.